The van der Waals surface area contributed by atoms with E-state index in [0.29, 0.717) is 53.7 Å². The Kier molecular flexibility index (Phi) is 11.9. The van der Waals surface area contributed by atoms with E-state index in [2.05, 4.69) is 45.7 Å². The molecular formula is C30H33N9O4S. The molecule has 0 aliphatic rings. The number of carbonyl (C=O) groups excluding carboxylic acids is 3. The Morgan fingerprint density at radius 1 is 0.886 bits per heavy atom. The Morgan fingerprint density at radius 3 is 2.34 bits per heavy atom. The van der Waals surface area contributed by atoms with E-state index in [9.17, 15) is 14.4 Å². The van der Waals surface area contributed by atoms with Crippen molar-refractivity contribution in [2.45, 2.75) is 38.3 Å². The second-order valence-corrected chi connectivity index (χ2v) is 10.1. The largest absolute Gasteiger partial charge is 0.468 e. The van der Waals surface area contributed by atoms with Gasteiger partial charge in [-0.15, -0.1) is 0 Å². The lowest BCUT2D eigenvalue weighted by atomic mass is 10.1. The van der Waals surface area contributed by atoms with E-state index in [1.54, 1.807) is 35.5 Å². The highest BCUT2D eigenvalue weighted by molar-refractivity contribution is 7.80. The summed E-state index contributed by atoms with van der Waals surface area (Å²) in [6, 6.07) is 14.0. The molecule has 3 N–H and O–H groups in total. The zero-order chi connectivity index (χ0) is 31.1. The maximum atomic E-state index is 12.9. The van der Waals surface area contributed by atoms with Crippen LogP contribution < -0.4 is 16.0 Å². The molecule has 228 valence electrons. The Morgan fingerprint density at radius 2 is 1.64 bits per heavy atom. The van der Waals surface area contributed by atoms with Crippen LogP contribution in [0.2, 0.25) is 0 Å². The van der Waals surface area contributed by atoms with Gasteiger partial charge in [-0.3, -0.25) is 29.0 Å². The lowest BCUT2D eigenvalue weighted by Crippen LogP contribution is -2.48. The molecule has 4 heterocycles. The lowest BCUT2D eigenvalue weighted by Gasteiger charge is -2.20. The van der Waals surface area contributed by atoms with E-state index >= 15 is 0 Å². The number of hydrogen-bond acceptors (Lipinski definition) is 10. The molecule has 44 heavy (non-hydrogen) atoms. The number of carbonyl (C=O) groups is 3. The van der Waals surface area contributed by atoms with Gasteiger partial charge in [-0.2, -0.15) is 5.10 Å². The molecule has 13 nitrogen and oxygen atoms in total. The Hall–Kier alpha value is -5.11. The first kappa shape index (κ1) is 31.8. The molecule has 0 bridgehead atoms. The average molecular weight is 616 g/mol. The predicted octanol–water partition coefficient (Wildman–Crippen LogP) is 1.90. The molecule has 0 aliphatic heterocycles. The van der Waals surface area contributed by atoms with Crippen molar-refractivity contribution in [2.75, 3.05) is 20.2 Å². The van der Waals surface area contributed by atoms with Crippen LogP contribution in [0.1, 0.15) is 25.1 Å². The maximum Gasteiger partial charge on any atom is 0.325 e. The second-order valence-electron chi connectivity index (χ2n) is 9.62. The highest BCUT2D eigenvalue weighted by atomic mass is 32.1. The Bertz CT molecular complexity index is 1550. The molecule has 0 radical (unpaired) electrons. The summed E-state index contributed by atoms with van der Waals surface area (Å²) in [5, 5.41) is 12.9. The van der Waals surface area contributed by atoms with E-state index in [0.717, 1.165) is 5.69 Å². The van der Waals surface area contributed by atoms with Gasteiger partial charge < -0.3 is 20.7 Å². The van der Waals surface area contributed by atoms with Crippen molar-refractivity contribution in [2.24, 2.45) is 0 Å². The Labute approximate surface area is 259 Å². The summed E-state index contributed by atoms with van der Waals surface area (Å²) in [5.41, 5.74) is 2.79. The van der Waals surface area contributed by atoms with E-state index in [1.165, 1.54) is 7.11 Å². The molecule has 0 aliphatic carbocycles. The molecule has 4 rings (SSSR count). The molecular weight excluding hydrogens is 582 g/mol. The zero-order valence-corrected chi connectivity index (χ0v) is 25.0. The number of thiocarbonyl (C=S) groups is 1. The third kappa shape index (κ3) is 10.0. The third-order valence-electron chi connectivity index (χ3n) is 6.35. The Balaban J connectivity index is 1.25. The van der Waals surface area contributed by atoms with Gasteiger partial charge in [0.05, 0.1) is 35.6 Å². The van der Waals surface area contributed by atoms with Crippen LogP contribution >= 0.6 is 12.2 Å². The number of aromatic nitrogens is 6. The molecule has 2 amide bonds. The van der Waals surface area contributed by atoms with Crippen molar-refractivity contribution in [1.82, 2.24) is 45.7 Å². The van der Waals surface area contributed by atoms with Gasteiger partial charge in [0.25, 0.3) is 0 Å². The molecule has 1 atom stereocenters. The van der Waals surface area contributed by atoms with Crippen molar-refractivity contribution in [3.05, 3.63) is 79.1 Å². The molecule has 0 spiro atoms. The van der Waals surface area contributed by atoms with Crippen molar-refractivity contribution in [3.63, 3.8) is 0 Å². The minimum absolute atomic E-state index is 0.0742. The van der Waals surface area contributed by atoms with Gasteiger partial charge in [0.1, 0.15) is 30.6 Å². The van der Waals surface area contributed by atoms with Crippen LogP contribution in [0, 0.1) is 0 Å². The summed E-state index contributed by atoms with van der Waals surface area (Å²) in [6.45, 7) is 0.230. The van der Waals surface area contributed by atoms with Gasteiger partial charge in [0.15, 0.2) is 0 Å². The SMILES string of the molecule is COC(=O)CNC(=O)[C@H](CCCCNC(=O)Cn1ccc(-c2ccccn2)n1)NC(=S)Cc1nccc(-c2ccccn2)n1. The highest BCUT2D eigenvalue weighted by Crippen LogP contribution is 2.14. The molecule has 0 fully saturated rings. The van der Waals surface area contributed by atoms with E-state index in [4.69, 9.17) is 12.2 Å². The van der Waals surface area contributed by atoms with Crippen molar-refractivity contribution < 1.29 is 19.1 Å². The van der Waals surface area contributed by atoms with Crippen LogP contribution in [0.5, 0.6) is 0 Å². The van der Waals surface area contributed by atoms with E-state index in [1.807, 2.05) is 42.5 Å². The van der Waals surface area contributed by atoms with Crippen molar-refractivity contribution >= 4 is 35.0 Å². The van der Waals surface area contributed by atoms with Gasteiger partial charge in [-0.05, 0) is 55.7 Å². The minimum Gasteiger partial charge on any atom is -0.468 e. The standard InChI is InChI=1S/C30H33N9O4S/c1-43-29(41)19-35-30(42)25(37-28(44)18-26-33-16-11-23(36-26)21-8-2-5-13-31-21)10-4-7-15-34-27(40)20-39-17-12-24(38-39)22-9-3-6-14-32-22/h2-3,5-6,8-9,11-14,16-17,25H,4,7,10,15,18-20H2,1H3,(H,34,40)(H,35,42)(H,37,44)/t25-/m0/s1. The first-order valence-corrected chi connectivity index (χ1v) is 14.4. The molecule has 0 aromatic carbocycles. The number of ether oxygens (including phenoxy) is 1. The summed E-state index contributed by atoms with van der Waals surface area (Å²) in [7, 11) is 1.25. The van der Waals surface area contributed by atoms with Crippen molar-refractivity contribution in [3.8, 4) is 22.8 Å². The molecule has 0 saturated carbocycles. The molecule has 14 heteroatoms. The van der Waals surface area contributed by atoms with Gasteiger partial charge >= 0.3 is 5.97 Å². The molecule has 4 aromatic heterocycles. The number of unbranched alkanes of at least 4 members (excludes halogenated alkanes) is 1. The van der Waals surface area contributed by atoms with Gasteiger partial charge in [0, 0.05) is 31.3 Å². The van der Waals surface area contributed by atoms with Crippen molar-refractivity contribution in [1.29, 1.82) is 0 Å². The highest BCUT2D eigenvalue weighted by Gasteiger charge is 2.20. The number of amides is 2. The molecule has 4 aromatic rings. The summed E-state index contributed by atoms with van der Waals surface area (Å²) >= 11 is 5.53. The van der Waals surface area contributed by atoms with Crippen LogP contribution in [0.25, 0.3) is 22.8 Å². The number of rotatable bonds is 15. The fraction of sp³-hybridized carbons (Fsp3) is 0.300. The summed E-state index contributed by atoms with van der Waals surface area (Å²) in [5.74, 6) is -0.662. The van der Waals surface area contributed by atoms with Gasteiger partial charge in [-0.1, -0.05) is 24.4 Å². The van der Waals surface area contributed by atoms with Crippen LogP contribution in [0.4, 0.5) is 0 Å². The van der Waals surface area contributed by atoms with E-state index < -0.39 is 17.9 Å². The van der Waals surface area contributed by atoms with Crippen LogP contribution in [-0.2, 0) is 32.1 Å². The predicted molar refractivity (Wildman–Crippen MR) is 166 cm³/mol. The summed E-state index contributed by atoms with van der Waals surface area (Å²) < 4.78 is 6.18. The smallest absolute Gasteiger partial charge is 0.325 e. The van der Waals surface area contributed by atoms with Crippen LogP contribution in [0.3, 0.4) is 0 Å². The number of methoxy groups -OCH3 is 1. The summed E-state index contributed by atoms with van der Waals surface area (Å²) in [6.07, 6.45) is 8.58. The van der Waals surface area contributed by atoms with Crippen LogP contribution in [0.15, 0.2) is 73.3 Å². The number of pyridine rings is 2. The third-order valence-corrected chi connectivity index (χ3v) is 6.62. The van der Waals surface area contributed by atoms with E-state index in [-0.39, 0.29) is 25.4 Å². The average Bonchev–Trinajstić information content (AvgIpc) is 3.52. The van der Waals surface area contributed by atoms with Gasteiger partial charge in [-0.25, -0.2) is 9.97 Å². The molecule has 0 saturated heterocycles. The number of hydrogen-bond donors (Lipinski definition) is 3. The number of nitrogens with zero attached hydrogens (tertiary/aromatic N) is 6. The fourth-order valence-electron chi connectivity index (χ4n) is 4.16. The molecule has 0 unspecified atom stereocenters. The monoisotopic (exact) mass is 615 g/mol. The lowest BCUT2D eigenvalue weighted by molar-refractivity contribution is -0.141. The van der Waals surface area contributed by atoms with Crippen LogP contribution in [-0.4, -0.2) is 78.7 Å². The maximum absolute atomic E-state index is 12.9. The van der Waals surface area contributed by atoms with Gasteiger partial charge in [0.2, 0.25) is 11.8 Å². The normalized spacial score (nSPS) is 11.3. The topological polar surface area (TPSA) is 166 Å². The minimum atomic E-state index is -0.712. The number of esters is 1. The second kappa shape index (κ2) is 16.5. The quantitative estimate of drug-likeness (QED) is 0.102. The first-order chi connectivity index (χ1) is 21.4. The summed E-state index contributed by atoms with van der Waals surface area (Å²) in [4.78, 5) is 54.7. The zero-order valence-electron chi connectivity index (χ0n) is 24.2. The fourth-order valence-corrected chi connectivity index (χ4v) is 4.43. The first-order valence-electron chi connectivity index (χ1n) is 14.0. The number of nitrogens with one attached hydrogen (secondary N) is 3.